The number of hydrogen-bond donors (Lipinski definition) is 0. The highest BCUT2D eigenvalue weighted by Gasteiger charge is 2.52. The lowest BCUT2D eigenvalue weighted by Gasteiger charge is -2.32. The van der Waals surface area contributed by atoms with E-state index in [1.165, 1.54) is 77.9 Å². The fourth-order valence-corrected chi connectivity index (χ4v) is 11.2. The van der Waals surface area contributed by atoms with Gasteiger partial charge in [0.2, 0.25) is 0 Å². The van der Waals surface area contributed by atoms with E-state index in [-0.39, 0.29) is 0 Å². The minimum Gasteiger partial charge on any atom is -0.310 e. The highest BCUT2D eigenvalue weighted by atomic mass is 15.1. The molecule has 0 N–H and O–H groups in total. The first-order valence-electron chi connectivity index (χ1n) is 23.8. The van der Waals surface area contributed by atoms with Gasteiger partial charge in [0.25, 0.3) is 0 Å². The summed E-state index contributed by atoms with van der Waals surface area (Å²) in [6, 6.07) is 102. The number of para-hydroxylation sites is 3. The molecular weight excluding hydrogens is 833 g/mol. The van der Waals surface area contributed by atoms with Crippen LogP contribution in [-0.2, 0) is 5.41 Å². The third-order valence-corrected chi connectivity index (χ3v) is 14.2. The standard InChI is InChI=1S/C67H46N2/c1-6-20-47(21-7-1)50-42-51(48-22-8-2-9-23-48)44-52(43-50)49-34-36-56(37-35-49)69(55-28-14-5-15-29-55)58-38-40-61-59-30-16-18-32-63(59)67(66(61)46-58)64-33-19-17-31-60(64)62-45-57(39-41-65(62)67)68(53-24-10-3-11-25-53)54-26-12-4-13-27-54/h1-46H. The fraction of sp³-hybridized carbons (Fsp3) is 0.0149. The minimum absolute atomic E-state index is 0.525. The van der Waals surface area contributed by atoms with E-state index >= 15 is 0 Å². The van der Waals surface area contributed by atoms with Gasteiger partial charge in [-0.05, 0) is 169 Å². The van der Waals surface area contributed by atoms with Crippen molar-refractivity contribution in [2.24, 2.45) is 0 Å². The number of rotatable bonds is 9. The van der Waals surface area contributed by atoms with E-state index < -0.39 is 5.41 Å². The van der Waals surface area contributed by atoms with E-state index in [1.54, 1.807) is 0 Å². The van der Waals surface area contributed by atoms with Crippen LogP contribution in [0.3, 0.4) is 0 Å². The molecule has 0 aliphatic heterocycles. The molecule has 0 fully saturated rings. The average Bonchev–Trinajstić information content (AvgIpc) is 3.89. The second-order valence-electron chi connectivity index (χ2n) is 18.1. The van der Waals surface area contributed by atoms with Crippen molar-refractivity contribution in [2.45, 2.75) is 5.41 Å². The topological polar surface area (TPSA) is 6.48 Å². The highest BCUT2D eigenvalue weighted by molar-refractivity contribution is 5.98. The van der Waals surface area contributed by atoms with Crippen molar-refractivity contribution >= 4 is 34.1 Å². The molecule has 1 unspecified atom stereocenters. The molecule has 11 aromatic carbocycles. The lowest BCUT2D eigenvalue weighted by molar-refractivity contribution is 0.793. The van der Waals surface area contributed by atoms with Gasteiger partial charge in [-0.3, -0.25) is 0 Å². The molecule has 0 radical (unpaired) electrons. The van der Waals surface area contributed by atoms with Gasteiger partial charge in [-0.1, -0.05) is 188 Å². The Balaban J connectivity index is 0.961. The summed E-state index contributed by atoms with van der Waals surface area (Å²) in [5.74, 6) is 0. The Kier molecular flexibility index (Phi) is 9.77. The van der Waals surface area contributed by atoms with Gasteiger partial charge >= 0.3 is 0 Å². The Morgan fingerprint density at radius 2 is 0.522 bits per heavy atom. The van der Waals surface area contributed by atoms with E-state index in [0.29, 0.717) is 0 Å². The van der Waals surface area contributed by atoms with Gasteiger partial charge in [0.1, 0.15) is 0 Å². The molecule has 0 amide bonds. The Labute approximate surface area is 404 Å². The maximum Gasteiger partial charge on any atom is 0.0726 e. The number of hydrogen-bond acceptors (Lipinski definition) is 2. The second kappa shape index (κ2) is 16.7. The number of nitrogens with zero attached hydrogens (tertiary/aromatic N) is 2. The Morgan fingerprint density at radius 1 is 0.188 bits per heavy atom. The lowest BCUT2D eigenvalue weighted by Crippen LogP contribution is -2.26. The first kappa shape index (κ1) is 40.3. The molecule has 0 heterocycles. The van der Waals surface area contributed by atoms with Gasteiger partial charge < -0.3 is 9.80 Å². The number of fused-ring (bicyclic) bond motifs is 10. The van der Waals surface area contributed by atoms with Crippen LogP contribution in [0.1, 0.15) is 22.3 Å². The molecule has 2 nitrogen and oxygen atoms in total. The smallest absolute Gasteiger partial charge is 0.0726 e. The molecule has 69 heavy (non-hydrogen) atoms. The number of benzene rings is 11. The average molecular weight is 879 g/mol. The summed E-state index contributed by atoms with van der Waals surface area (Å²) in [6.07, 6.45) is 0. The van der Waals surface area contributed by atoms with Crippen LogP contribution in [0.5, 0.6) is 0 Å². The van der Waals surface area contributed by atoms with E-state index in [9.17, 15) is 0 Å². The lowest BCUT2D eigenvalue weighted by atomic mass is 9.70. The third-order valence-electron chi connectivity index (χ3n) is 14.2. The van der Waals surface area contributed by atoms with Crippen molar-refractivity contribution in [1.29, 1.82) is 0 Å². The summed E-state index contributed by atoms with van der Waals surface area (Å²) in [7, 11) is 0. The monoisotopic (exact) mass is 878 g/mol. The SMILES string of the molecule is c1ccc(-c2cc(-c3ccccc3)cc(-c3ccc(N(c4ccccc4)c4ccc5c(c4)C4(c6ccccc6-c6cc(N(c7ccccc7)c7ccccc7)ccc64)c4ccccc4-5)cc3)c2)cc1. The predicted octanol–water partition coefficient (Wildman–Crippen LogP) is 18.0. The maximum absolute atomic E-state index is 2.48. The van der Waals surface area contributed by atoms with Crippen LogP contribution in [0, 0.1) is 0 Å². The summed E-state index contributed by atoms with van der Waals surface area (Å²) in [6.45, 7) is 0. The molecule has 11 aromatic rings. The molecule has 0 saturated heterocycles. The van der Waals surface area contributed by atoms with Crippen LogP contribution in [0.4, 0.5) is 34.1 Å². The van der Waals surface area contributed by atoms with Crippen LogP contribution in [-0.4, -0.2) is 0 Å². The van der Waals surface area contributed by atoms with Crippen molar-refractivity contribution in [2.75, 3.05) is 9.80 Å². The quantitative estimate of drug-likeness (QED) is 0.143. The fourth-order valence-electron chi connectivity index (χ4n) is 11.2. The molecule has 324 valence electrons. The van der Waals surface area contributed by atoms with Crippen molar-refractivity contribution in [3.8, 4) is 55.6 Å². The summed E-state index contributed by atoms with van der Waals surface area (Å²) in [4.78, 5) is 4.78. The van der Waals surface area contributed by atoms with Crippen LogP contribution >= 0.6 is 0 Å². The van der Waals surface area contributed by atoms with E-state index in [2.05, 4.69) is 289 Å². The second-order valence-corrected chi connectivity index (χ2v) is 18.1. The zero-order chi connectivity index (χ0) is 45.7. The van der Waals surface area contributed by atoms with Crippen LogP contribution in [0.25, 0.3) is 55.6 Å². The van der Waals surface area contributed by atoms with Crippen molar-refractivity contribution < 1.29 is 0 Å². The molecule has 13 rings (SSSR count). The minimum atomic E-state index is -0.525. The van der Waals surface area contributed by atoms with Crippen molar-refractivity contribution in [3.05, 3.63) is 301 Å². The Bertz CT molecular complexity index is 3550. The molecule has 1 atom stereocenters. The summed E-state index contributed by atoms with van der Waals surface area (Å²) < 4.78 is 0. The van der Waals surface area contributed by atoms with Crippen LogP contribution < -0.4 is 9.80 Å². The third kappa shape index (κ3) is 6.72. The van der Waals surface area contributed by atoms with Gasteiger partial charge in [0, 0.05) is 34.1 Å². The first-order chi connectivity index (χ1) is 34.2. The van der Waals surface area contributed by atoms with Crippen molar-refractivity contribution in [3.63, 3.8) is 0 Å². The number of anilines is 6. The van der Waals surface area contributed by atoms with Crippen LogP contribution in [0.15, 0.2) is 279 Å². The molecule has 0 saturated carbocycles. The van der Waals surface area contributed by atoms with Gasteiger partial charge in [-0.15, -0.1) is 0 Å². The Morgan fingerprint density at radius 3 is 1.01 bits per heavy atom. The molecule has 2 aliphatic carbocycles. The highest BCUT2D eigenvalue weighted by Crippen LogP contribution is 2.64. The van der Waals surface area contributed by atoms with Gasteiger partial charge in [0.05, 0.1) is 5.41 Å². The largest absolute Gasteiger partial charge is 0.310 e. The molecule has 2 aliphatic rings. The zero-order valence-electron chi connectivity index (χ0n) is 38.0. The first-order valence-corrected chi connectivity index (χ1v) is 23.8. The maximum atomic E-state index is 2.48. The van der Waals surface area contributed by atoms with Gasteiger partial charge in [-0.25, -0.2) is 0 Å². The molecule has 0 aromatic heterocycles. The van der Waals surface area contributed by atoms with Gasteiger partial charge in [0.15, 0.2) is 0 Å². The molecule has 1 spiro atoms. The molecular formula is C67H46N2. The van der Waals surface area contributed by atoms with Crippen LogP contribution in [0.2, 0.25) is 0 Å². The summed E-state index contributed by atoms with van der Waals surface area (Å²) in [5.41, 5.74) is 23.6. The van der Waals surface area contributed by atoms with E-state index in [0.717, 1.165) is 34.1 Å². The zero-order valence-corrected chi connectivity index (χ0v) is 38.0. The summed E-state index contributed by atoms with van der Waals surface area (Å²) in [5, 5.41) is 0. The molecule has 0 bridgehead atoms. The van der Waals surface area contributed by atoms with E-state index in [4.69, 9.17) is 0 Å². The van der Waals surface area contributed by atoms with Crippen molar-refractivity contribution in [1.82, 2.24) is 0 Å². The predicted molar refractivity (Wildman–Crippen MR) is 288 cm³/mol. The Hall–Kier alpha value is -8.98. The van der Waals surface area contributed by atoms with Gasteiger partial charge in [-0.2, -0.15) is 0 Å². The van der Waals surface area contributed by atoms with E-state index in [1.807, 2.05) is 0 Å². The summed E-state index contributed by atoms with van der Waals surface area (Å²) >= 11 is 0. The normalized spacial score (nSPS) is 13.9. The molecule has 2 heteroatoms.